The van der Waals surface area contributed by atoms with Crippen molar-refractivity contribution in [2.75, 3.05) is 26.2 Å². The number of likely N-dealkylation sites (tertiary alicyclic amines) is 1. The first-order valence-corrected chi connectivity index (χ1v) is 6.01. The molecule has 2 aliphatic rings. The number of amides is 1. The van der Waals surface area contributed by atoms with Crippen molar-refractivity contribution in [2.24, 2.45) is 11.7 Å². The maximum atomic E-state index is 11.0. The third-order valence-corrected chi connectivity index (χ3v) is 3.74. The molecular weight excluding hydrogens is 190 g/mol. The van der Waals surface area contributed by atoms with Crippen LogP contribution in [0.15, 0.2) is 0 Å². The van der Waals surface area contributed by atoms with E-state index in [9.17, 15) is 4.79 Å². The van der Waals surface area contributed by atoms with Crippen molar-refractivity contribution < 1.29 is 4.79 Å². The maximum absolute atomic E-state index is 11.0. The van der Waals surface area contributed by atoms with Gasteiger partial charge < -0.3 is 11.1 Å². The van der Waals surface area contributed by atoms with Crippen LogP contribution in [0.3, 0.4) is 0 Å². The second-order valence-corrected chi connectivity index (χ2v) is 4.72. The van der Waals surface area contributed by atoms with E-state index in [0.717, 1.165) is 38.5 Å². The summed E-state index contributed by atoms with van der Waals surface area (Å²) < 4.78 is 0. The van der Waals surface area contributed by atoms with Gasteiger partial charge in [-0.15, -0.1) is 0 Å². The van der Waals surface area contributed by atoms with Gasteiger partial charge in [0.25, 0.3) is 0 Å². The average molecular weight is 211 g/mol. The van der Waals surface area contributed by atoms with Gasteiger partial charge in [0, 0.05) is 6.54 Å². The van der Waals surface area contributed by atoms with Gasteiger partial charge in [-0.3, -0.25) is 9.69 Å². The van der Waals surface area contributed by atoms with Crippen molar-refractivity contribution in [3.63, 3.8) is 0 Å². The lowest BCUT2D eigenvalue weighted by Crippen LogP contribution is -2.55. The van der Waals surface area contributed by atoms with E-state index in [1.165, 1.54) is 19.3 Å². The Labute approximate surface area is 91.2 Å². The molecule has 0 aromatic heterocycles. The minimum atomic E-state index is -0.147. The molecule has 15 heavy (non-hydrogen) atoms. The van der Waals surface area contributed by atoms with E-state index in [2.05, 4.69) is 10.2 Å². The molecule has 86 valence electrons. The number of carbonyl (C=O) groups excluding carboxylic acids is 1. The van der Waals surface area contributed by atoms with Crippen LogP contribution < -0.4 is 11.1 Å². The third kappa shape index (κ3) is 2.69. The first-order chi connectivity index (χ1) is 7.27. The van der Waals surface area contributed by atoms with E-state index in [-0.39, 0.29) is 11.9 Å². The van der Waals surface area contributed by atoms with E-state index >= 15 is 0 Å². The fourth-order valence-corrected chi connectivity index (χ4v) is 2.55. The van der Waals surface area contributed by atoms with Gasteiger partial charge in [0.2, 0.25) is 5.91 Å². The Morgan fingerprint density at radius 1 is 1.33 bits per heavy atom. The molecule has 0 saturated carbocycles. The minimum Gasteiger partial charge on any atom is -0.368 e. The molecular formula is C11H21N3O. The summed E-state index contributed by atoms with van der Waals surface area (Å²) in [6.07, 6.45) is 4.76. The highest BCUT2D eigenvalue weighted by Crippen LogP contribution is 2.21. The molecule has 0 aromatic rings. The van der Waals surface area contributed by atoms with Crippen molar-refractivity contribution in [1.82, 2.24) is 10.2 Å². The van der Waals surface area contributed by atoms with E-state index in [1.807, 2.05) is 0 Å². The number of hydrogen-bond acceptors (Lipinski definition) is 3. The summed E-state index contributed by atoms with van der Waals surface area (Å²) in [6.45, 7) is 4.42. The molecule has 1 atom stereocenters. The summed E-state index contributed by atoms with van der Waals surface area (Å²) in [7, 11) is 0. The average Bonchev–Trinajstić information content (AvgIpc) is 2.17. The highest BCUT2D eigenvalue weighted by atomic mass is 16.1. The molecule has 4 nitrogen and oxygen atoms in total. The largest absolute Gasteiger partial charge is 0.368 e. The zero-order valence-electron chi connectivity index (χ0n) is 9.24. The first-order valence-electron chi connectivity index (χ1n) is 6.01. The molecule has 2 rings (SSSR count). The molecule has 2 fully saturated rings. The molecule has 0 aliphatic carbocycles. The number of carbonyl (C=O) groups is 1. The Bertz CT molecular complexity index is 226. The van der Waals surface area contributed by atoms with Gasteiger partial charge in [-0.1, -0.05) is 0 Å². The predicted molar refractivity (Wildman–Crippen MR) is 59.4 cm³/mol. The lowest BCUT2D eigenvalue weighted by Gasteiger charge is -2.39. The van der Waals surface area contributed by atoms with Crippen molar-refractivity contribution in [2.45, 2.75) is 31.7 Å². The molecule has 0 spiro atoms. The summed E-state index contributed by atoms with van der Waals surface area (Å²) in [5.41, 5.74) is 5.31. The molecule has 0 aromatic carbocycles. The lowest BCUT2D eigenvalue weighted by molar-refractivity contribution is -0.127. The SMILES string of the molecule is NC(=O)C1CCN1CCC1CCNCC1. The van der Waals surface area contributed by atoms with Crippen LogP contribution in [-0.2, 0) is 4.79 Å². The number of rotatable bonds is 4. The highest BCUT2D eigenvalue weighted by molar-refractivity contribution is 5.80. The van der Waals surface area contributed by atoms with Crippen molar-refractivity contribution in [3.8, 4) is 0 Å². The summed E-state index contributed by atoms with van der Waals surface area (Å²) >= 11 is 0. The Balaban J connectivity index is 1.67. The Kier molecular flexibility index (Phi) is 3.59. The van der Waals surface area contributed by atoms with Crippen molar-refractivity contribution in [3.05, 3.63) is 0 Å². The van der Waals surface area contributed by atoms with Crippen LogP contribution >= 0.6 is 0 Å². The van der Waals surface area contributed by atoms with Gasteiger partial charge in [-0.05, 0) is 51.2 Å². The second kappa shape index (κ2) is 4.94. The lowest BCUT2D eigenvalue weighted by atomic mass is 9.93. The van der Waals surface area contributed by atoms with Crippen LogP contribution in [0, 0.1) is 5.92 Å². The zero-order chi connectivity index (χ0) is 10.7. The molecule has 1 unspecified atom stereocenters. The fourth-order valence-electron chi connectivity index (χ4n) is 2.55. The number of nitrogens with zero attached hydrogens (tertiary/aromatic N) is 1. The highest BCUT2D eigenvalue weighted by Gasteiger charge is 2.32. The second-order valence-electron chi connectivity index (χ2n) is 4.72. The zero-order valence-corrected chi connectivity index (χ0v) is 9.24. The number of hydrogen-bond donors (Lipinski definition) is 2. The van der Waals surface area contributed by atoms with E-state index < -0.39 is 0 Å². The van der Waals surface area contributed by atoms with E-state index in [1.54, 1.807) is 0 Å². The standard InChI is InChI=1S/C11H21N3O/c12-11(15)10-4-8-14(10)7-3-9-1-5-13-6-2-9/h9-10,13H,1-8H2,(H2,12,15). The van der Waals surface area contributed by atoms with Crippen molar-refractivity contribution >= 4 is 5.91 Å². The van der Waals surface area contributed by atoms with Crippen LogP contribution in [0.1, 0.15) is 25.7 Å². The van der Waals surface area contributed by atoms with Gasteiger partial charge >= 0.3 is 0 Å². The van der Waals surface area contributed by atoms with Crippen LogP contribution in [-0.4, -0.2) is 43.0 Å². The molecule has 2 heterocycles. The predicted octanol–water partition coefficient (Wildman–Crippen LogP) is -0.0643. The van der Waals surface area contributed by atoms with E-state index in [4.69, 9.17) is 5.73 Å². The van der Waals surface area contributed by atoms with Crippen LogP contribution in [0.4, 0.5) is 0 Å². The van der Waals surface area contributed by atoms with Crippen LogP contribution in [0.5, 0.6) is 0 Å². The number of nitrogens with two attached hydrogens (primary N) is 1. The van der Waals surface area contributed by atoms with Crippen LogP contribution in [0.25, 0.3) is 0 Å². The molecule has 4 heteroatoms. The summed E-state index contributed by atoms with van der Waals surface area (Å²) in [5.74, 6) is 0.701. The van der Waals surface area contributed by atoms with Crippen LogP contribution in [0.2, 0.25) is 0 Å². The summed E-state index contributed by atoms with van der Waals surface area (Å²) in [5, 5.41) is 3.37. The molecule has 1 amide bonds. The third-order valence-electron chi connectivity index (χ3n) is 3.74. The van der Waals surface area contributed by atoms with Gasteiger partial charge in [-0.2, -0.15) is 0 Å². The number of primary amides is 1. The minimum absolute atomic E-state index is 0.0340. The van der Waals surface area contributed by atoms with Gasteiger partial charge in [0.05, 0.1) is 6.04 Å². The Morgan fingerprint density at radius 3 is 2.60 bits per heavy atom. The Morgan fingerprint density at radius 2 is 2.07 bits per heavy atom. The van der Waals surface area contributed by atoms with Gasteiger partial charge in [0.1, 0.15) is 0 Å². The maximum Gasteiger partial charge on any atom is 0.234 e. The van der Waals surface area contributed by atoms with E-state index in [0.29, 0.717) is 0 Å². The van der Waals surface area contributed by atoms with Gasteiger partial charge in [0.15, 0.2) is 0 Å². The molecule has 2 saturated heterocycles. The van der Waals surface area contributed by atoms with Gasteiger partial charge in [-0.25, -0.2) is 0 Å². The summed E-state index contributed by atoms with van der Waals surface area (Å²) in [6, 6.07) is 0.0340. The molecule has 3 N–H and O–H groups in total. The smallest absolute Gasteiger partial charge is 0.234 e. The topological polar surface area (TPSA) is 58.4 Å². The quantitative estimate of drug-likeness (QED) is 0.684. The number of piperidine rings is 1. The first kappa shape index (κ1) is 10.9. The molecule has 2 aliphatic heterocycles. The normalized spacial score (nSPS) is 28.7. The number of nitrogens with one attached hydrogen (secondary N) is 1. The summed E-state index contributed by atoms with van der Waals surface area (Å²) in [4.78, 5) is 13.2. The van der Waals surface area contributed by atoms with Crippen molar-refractivity contribution in [1.29, 1.82) is 0 Å². The molecule has 0 radical (unpaired) electrons. The monoisotopic (exact) mass is 211 g/mol. The molecule has 0 bridgehead atoms. The fraction of sp³-hybridized carbons (Fsp3) is 0.909. The Hall–Kier alpha value is -0.610.